The van der Waals surface area contributed by atoms with Gasteiger partial charge in [-0.05, 0) is 30.9 Å². The van der Waals surface area contributed by atoms with Crippen LogP contribution in [0.1, 0.15) is 61.2 Å². The summed E-state index contributed by atoms with van der Waals surface area (Å²) in [6.07, 6.45) is 5.24. The molecule has 0 radical (unpaired) electrons. The van der Waals surface area contributed by atoms with Crippen LogP contribution in [0.2, 0.25) is 0 Å². The number of aromatic nitrogens is 2. The van der Waals surface area contributed by atoms with Crippen LogP contribution in [0.25, 0.3) is 10.2 Å². The third-order valence-corrected chi connectivity index (χ3v) is 6.53. The quantitative estimate of drug-likeness (QED) is 0.300. The number of carbonyl (C=O) groups is 1. The van der Waals surface area contributed by atoms with Gasteiger partial charge in [-0.2, -0.15) is 0 Å². The van der Waals surface area contributed by atoms with Crippen LogP contribution in [-0.2, 0) is 13.0 Å². The summed E-state index contributed by atoms with van der Waals surface area (Å²) in [5, 5.41) is 29.4. The van der Waals surface area contributed by atoms with Gasteiger partial charge in [-0.15, -0.1) is 11.3 Å². The zero-order valence-corrected chi connectivity index (χ0v) is 18.6. The SMILES string of the molecule is CCc1cc2c(NCc3cccc([N+](=O)[O-])c3)nc(C3CCCCC3)nc2s1.O=C(O)O. The molecule has 0 atom stereocenters. The summed E-state index contributed by atoms with van der Waals surface area (Å²) >= 11 is 1.74. The van der Waals surface area contributed by atoms with Crippen LogP contribution >= 0.6 is 11.3 Å². The molecule has 0 bridgehead atoms. The van der Waals surface area contributed by atoms with Crippen LogP contribution in [-0.4, -0.2) is 31.3 Å². The van der Waals surface area contributed by atoms with E-state index in [1.54, 1.807) is 23.5 Å². The number of carboxylic acid groups (broad SMARTS) is 2. The molecule has 1 aliphatic carbocycles. The molecule has 4 rings (SSSR count). The molecule has 2 heterocycles. The maximum atomic E-state index is 11.0. The van der Waals surface area contributed by atoms with Crippen molar-refractivity contribution in [1.82, 2.24) is 9.97 Å². The Morgan fingerprint density at radius 2 is 1.94 bits per heavy atom. The van der Waals surface area contributed by atoms with E-state index in [1.165, 1.54) is 30.2 Å². The predicted molar refractivity (Wildman–Crippen MR) is 124 cm³/mol. The summed E-state index contributed by atoms with van der Waals surface area (Å²) in [5.74, 6) is 2.22. The van der Waals surface area contributed by atoms with E-state index < -0.39 is 6.16 Å². The van der Waals surface area contributed by atoms with Gasteiger partial charge in [-0.1, -0.05) is 38.3 Å². The zero-order valence-electron chi connectivity index (χ0n) is 17.8. The lowest BCUT2D eigenvalue weighted by Crippen LogP contribution is -2.11. The molecule has 1 saturated carbocycles. The Balaban J connectivity index is 0.000000668. The van der Waals surface area contributed by atoms with Crippen molar-refractivity contribution in [2.45, 2.75) is 57.9 Å². The van der Waals surface area contributed by atoms with E-state index in [9.17, 15) is 10.1 Å². The fourth-order valence-corrected chi connectivity index (χ4v) is 4.78. The third-order valence-electron chi connectivity index (χ3n) is 5.36. The maximum absolute atomic E-state index is 11.0. The van der Waals surface area contributed by atoms with E-state index in [0.717, 1.165) is 46.7 Å². The zero-order chi connectivity index (χ0) is 23.1. The number of fused-ring (bicyclic) bond motifs is 1. The molecule has 3 N–H and O–H groups in total. The number of nitrogens with zero attached hydrogens (tertiary/aromatic N) is 3. The van der Waals surface area contributed by atoms with Crippen molar-refractivity contribution in [1.29, 1.82) is 0 Å². The summed E-state index contributed by atoms with van der Waals surface area (Å²) in [5.41, 5.74) is 0.977. The first-order valence-electron chi connectivity index (χ1n) is 10.6. The average molecular weight is 459 g/mol. The van der Waals surface area contributed by atoms with E-state index in [1.807, 2.05) is 6.07 Å². The molecule has 170 valence electrons. The summed E-state index contributed by atoms with van der Waals surface area (Å²) in [6, 6.07) is 8.91. The monoisotopic (exact) mass is 458 g/mol. The number of hydrogen-bond acceptors (Lipinski definition) is 7. The van der Waals surface area contributed by atoms with E-state index in [2.05, 4.69) is 18.3 Å². The number of thiophene rings is 1. The smallest absolute Gasteiger partial charge is 0.450 e. The molecule has 0 aliphatic heterocycles. The van der Waals surface area contributed by atoms with Gasteiger partial charge in [0.15, 0.2) is 0 Å². The maximum Gasteiger partial charge on any atom is 0.503 e. The standard InChI is InChI=1S/C21H24N4O2S.CH2O3/c1-2-17-12-18-20(22-13-14-7-6-10-16(11-14)25(26)27)23-19(24-21(18)28-17)15-8-4-3-5-9-15;2-1(3)4/h6-7,10-12,15H,2-5,8-9,13H2,1H3,(H,22,23,24);(H2,2,3,4). The minimum absolute atomic E-state index is 0.110. The van der Waals surface area contributed by atoms with Gasteiger partial charge in [0.1, 0.15) is 16.5 Å². The highest BCUT2D eigenvalue weighted by Gasteiger charge is 2.21. The molecule has 0 spiro atoms. The minimum Gasteiger partial charge on any atom is -0.450 e. The van der Waals surface area contributed by atoms with E-state index in [4.69, 9.17) is 25.0 Å². The van der Waals surface area contributed by atoms with Gasteiger partial charge in [-0.25, -0.2) is 14.8 Å². The summed E-state index contributed by atoms with van der Waals surface area (Å²) in [7, 11) is 0. The minimum atomic E-state index is -1.83. The van der Waals surface area contributed by atoms with Crippen LogP contribution in [0, 0.1) is 10.1 Å². The first-order chi connectivity index (χ1) is 15.4. The van der Waals surface area contributed by atoms with Gasteiger partial charge in [0.25, 0.3) is 5.69 Å². The molecule has 0 unspecified atom stereocenters. The lowest BCUT2D eigenvalue weighted by Gasteiger charge is -2.21. The molecular weight excluding hydrogens is 432 g/mol. The van der Waals surface area contributed by atoms with Crippen molar-refractivity contribution in [2.75, 3.05) is 5.32 Å². The number of aryl methyl sites for hydroxylation is 1. The number of benzene rings is 1. The van der Waals surface area contributed by atoms with Crippen molar-refractivity contribution in [2.24, 2.45) is 0 Å². The van der Waals surface area contributed by atoms with Crippen molar-refractivity contribution in [3.05, 3.63) is 56.7 Å². The molecule has 0 amide bonds. The molecule has 10 heteroatoms. The number of anilines is 1. The normalized spacial score (nSPS) is 13.9. The Bertz CT molecular complexity index is 1090. The number of nitrogens with one attached hydrogen (secondary N) is 1. The second-order valence-electron chi connectivity index (χ2n) is 7.61. The first-order valence-corrected chi connectivity index (χ1v) is 11.4. The van der Waals surface area contributed by atoms with E-state index >= 15 is 0 Å². The number of nitro groups is 1. The number of nitro benzene ring substituents is 1. The predicted octanol–water partition coefficient (Wildman–Crippen LogP) is 6.04. The third kappa shape index (κ3) is 6.13. The summed E-state index contributed by atoms with van der Waals surface area (Å²) < 4.78 is 0. The second kappa shape index (κ2) is 10.9. The molecule has 0 saturated heterocycles. The molecule has 2 aromatic heterocycles. The molecule has 9 nitrogen and oxygen atoms in total. The highest BCUT2D eigenvalue weighted by molar-refractivity contribution is 7.18. The molecule has 1 fully saturated rings. The van der Waals surface area contributed by atoms with Crippen molar-refractivity contribution < 1.29 is 19.9 Å². The largest absolute Gasteiger partial charge is 0.503 e. The summed E-state index contributed by atoms with van der Waals surface area (Å²) in [4.78, 5) is 31.3. The van der Waals surface area contributed by atoms with E-state index in [-0.39, 0.29) is 10.6 Å². The Morgan fingerprint density at radius 3 is 2.59 bits per heavy atom. The lowest BCUT2D eigenvalue weighted by atomic mass is 9.88. The Kier molecular flexibility index (Phi) is 7.93. The van der Waals surface area contributed by atoms with Gasteiger partial charge < -0.3 is 15.5 Å². The highest BCUT2D eigenvalue weighted by Crippen LogP contribution is 2.35. The Hall–Kier alpha value is -3.27. The lowest BCUT2D eigenvalue weighted by molar-refractivity contribution is -0.384. The van der Waals surface area contributed by atoms with Gasteiger partial charge in [0, 0.05) is 29.5 Å². The Morgan fingerprint density at radius 1 is 1.22 bits per heavy atom. The molecular formula is C22H26N4O5S. The van der Waals surface area contributed by atoms with Crippen molar-refractivity contribution in [3.63, 3.8) is 0 Å². The van der Waals surface area contributed by atoms with Gasteiger partial charge in [-0.3, -0.25) is 10.1 Å². The second-order valence-corrected chi connectivity index (χ2v) is 8.73. The number of non-ortho nitro benzene ring substituents is 1. The molecule has 1 aliphatic rings. The first kappa shape index (κ1) is 23.4. The Labute approximate surface area is 189 Å². The molecule has 3 aromatic rings. The van der Waals surface area contributed by atoms with E-state index in [0.29, 0.717) is 12.5 Å². The van der Waals surface area contributed by atoms with Crippen LogP contribution in [0.4, 0.5) is 16.3 Å². The molecule has 1 aromatic carbocycles. The fourth-order valence-electron chi connectivity index (χ4n) is 3.81. The van der Waals surface area contributed by atoms with Crippen LogP contribution in [0.5, 0.6) is 0 Å². The average Bonchev–Trinajstić information content (AvgIpc) is 3.21. The van der Waals surface area contributed by atoms with Crippen molar-refractivity contribution >= 4 is 39.2 Å². The van der Waals surface area contributed by atoms with Crippen LogP contribution < -0.4 is 5.32 Å². The van der Waals surface area contributed by atoms with Gasteiger partial charge in [0.2, 0.25) is 0 Å². The fraction of sp³-hybridized carbons (Fsp3) is 0.409. The highest BCUT2D eigenvalue weighted by atomic mass is 32.1. The van der Waals surface area contributed by atoms with Gasteiger partial charge >= 0.3 is 6.16 Å². The van der Waals surface area contributed by atoms with Gasteiger partial charge in [0.05, 0.1) is 10.3 Å². The number of hydrogen-bond donors (Lipinski definition) is 3. The number of rotatable bonds is 6. The summed E-state index contributed by atoms with van der Waals surface area (Å²) in [6.45, 7) is 2.64. The molecule has 32 heavy (non-hydrogen) atoms. The van der Waals surface area contributed by atoms with Crippen molar-refractivity contribution in [3.8, 4) is 0 Å². The topological polar surface area (TPSA) is 138 Å². The van der Waals surface area contributed by atoms with Crippen LogP contribution in [0.15, 0.2) is 30.3 Å². The van der Waals surface area contributed by atoms with Crippen LogP contribution in [0.3, 0.4) is 0 Å².